The minimum atomic E-state index is -0.466. The molecule has 0 spiro atoms. The van der Waals surface area contributed by atoms with Gasteiger partial charge in [-0.2, -0.15) is 0 Å². The Labute approximate surface area is 72.0 Å². The average Bonchev–Trinajstić information content (AvgIpc) is 3.00. The summed E-state index contributed by atoms with van der Waals surface area (Å²) in [7, 11) is 3.22. The molecule has 0 bridgehead atoms. The third-order valence-electron chi connectivity index (χ3n) is 3.02. The molecule has 2 fully saturated rings. The predicted octanol–water partition coefficient (Wildman–Crippen LogP) is 0.913. The van der Waals surface area contributed by atoms with E-state index in [4.69, 9.17) is 9.47 Å². The molecule has 2 aliphatic carbocycles. The van der Waals surface area contributed by atoms with Gasteiger partial charge in [-0.15, -0.1) is 0 Å². The second kappa shape index (κ2) is 2.30. The number of hydrogen-bond donors (Lipinski definition) is 0. The number of carbonyl (C=O) groups is 1. The summed E-state index contributed by atoms with van der Waals surface area (Å²) in [6, 6.07) is 0. The third-order valence-corrected chi connectivity index (χ3v) is 3.02. The lowest BCUT2D eigenvalue weighted by atomic mass is 10.1. The Hall–Kier alpha value is -0.410. The van der Waals surface area contributed by atoms with Crippen LogP contribution in [0, 0.1) is 0 Å². The molecule has 0 saturated heterocycles. The largest absolute Gasteiger partial charge is 0.370 e. The van der Waals surface area contributed by atoms with E-state index >= 15 is 0 Å². The molecule has 12 heavy (non-hydrogen) atoms. The molecule has 0 aromatic rings. The van der Waals surface area contributed by atoms with Gasteiger partial charge in [-0.05, 0) is 25.7 Å². The van der Waals surface area contributed by atoms with Crippen LogP contribution in [-0.4, -0.2) is 31.2 Å². The van der Waals surface area contributed by atoms with E-state index in [0.717, 1.165) is 25.7 Å². The normalized spacial score (nSPS) is 28.2. The maximum Gasteiger partial charge on any atom is 0.196 e. The molecule has 2 rings (SSSR count). The number of ether oxygens (including phenoxy) is 2. The summed E-state index contributed by atoms with van der Waals surface area (Å²) >= 11 is 0. The Morgan fingerprint density at radius 1 is 1.00 bits per heavy atom. The summed E-state index contributed by atoms with van der Waals surface area (Å²) in [4.78, 5) is 11.8. The van der Waals surface area contributed by atoms with Gasteiger partial charge in [0.2, 0.25) is 0 Å². The number of carbonyl (C=O) groups excluding carboxylic acids is 1. The first-order valence-corrected chi connectivity index (χ1v) is 4.34. The van der Waals surface area contributed by atoms with E-state index in [1.807, 2.05) is 0 Å². The van der Waals surface area contributed by atoms with Crippen molar-refractivity contribution >= 4 is 5.78 Å². The van der Waals surface area contributed by atoms with E-state index in [0.29, 0.717) is 0 Å². The van der Waals surface area contributed by atoms with E-state index in [-0.39, 0.29) is 5.78 Å². The molecule has 0 N–H and O–H groups in total. The smallest absolute Gasteiger partial charge is 0.196 e. The Morgan fingerprint density at radius 2 is 1.33 bits per heavy atom. The molecule has 0 radical (unpaired) electrons. The van der Waals surface area contributed by atoms with Gasteiger partial charge in [-0.25, -0.2) is 0 Å². The summed E-state index contributed by atoms with van der Waals surface area (Å²) < 4.78 is 10.4. The van der Waals surface area contributed by atoms with Crippen LogP contribution < -0.4 is 0 Å². The Bertz CT molecular complexity index is 192. The van der Waals surface area contributed by atoms with Crippen molar-refractivity contribution in [1.29, 1.82) is 0 Å². The van der Waals surface area contributed by atoms with Crippen LogP contribution in [0.3, 0.4) is 0 Å². The molecule has 68 valence electrons. The van der Waals surface area contributed by atoms with Gasteiger partial charge in [0.05, 0.1) is 0 Å². The van der Waals surface area contributed by atoms with Crippen molar-refractivity contribution in [2.45, 2.75) is 36.9 Å². The van der Waals surface area contributed by atoms with Crippen LogP contribution in [0.1, 0.15) is 25.7 Å². The summed E-state index contributed by atoms with van der Waals surface area (Å²) in [6.07, 6.45) is 3.47. The van der Waals surface area contributed by atoms with E-state index in [1.165, 1.54) is 0 Å². The lowest BCUT2D eigenvalue weighted by Gasteiger charge is -2.18. The molecule has 0 aromatic carbocycles. The molecule has 0 atom stereocenters. The molecule has 2 saturated carbocycles. The molecule has 2 aliphatic rings. The fourth-order valence-corrected chi connectivity index (χ4v) is 1.69. The van der Waals surface area contributed by atoms with Crippen LogP contribution in [0.25, 0.3) is 0 Å². The number of ketones is 1. The van der Waals surface area contributed by atoms with Crippen molar-refractivity contribution < 1.29 is 14.3 Å². The summed E-state index contributed by atoms with van der Waals surface area (Å²) in [5.41, 5.74) is -0.932. The number of methoxy groups -OCH3 is 2. The maximum atomic E-state index is 11.8. The average molecular weight is 170 g/mol. The van der Waals surface area contributed by atoms with E-state index in [9.17, 15) is 4.79 Å². The van der Waals surface area contributed by atoms with Gasteiger partial charge in [0.15, 0.2) is 5.78 Å². The third kappa shape index (κ3) is 0.930. The highest BCUT2D eigenvalue weighted by Crippen LogP contribution is 2.51. The van der Waals surface area contributed by atoms with Crippen molar-refractivity contribution in [3.8, 4) is 0 Å². The first-order chi connectivity index (χ1) is 5.69. The number of hydrogen-bond acceptors (Lipinski definition) is 3. The van der Waals surface area contributed by atoms with Crippen molar-refractivity contribution in [1.82, 2.24) is 0 Å². The van der Waals surface area contributed by atoms with Gasteiger partial charge >= 0.3 is 0 Å². The molecule has 3 nitrogen and oxygen atoms in total. The van der Waals surface area contributed by atoms with Crippen molar-refractivity contribution in [3.63, 3.8) is 0 Å². The molecule has 3 heteroatoms. The van der Waals surface area contributed by atoms with Crippen LogP contribution in [0.2, 0.25) is 0 Å². The van der Waals surface area contributed by atoms with Gasteiger partial charge in [0.25, 0.3) is 0 Å². The van der Waals surface area contributed by atoms with Gasteiger partial charge in [-0.3, -0.25) is 4.79 Å². The topological polar surface area (TPSA) is 35.5 Å². The predicted molar refractivity (Wildman–Crippen MR) is 43.0 cm³/mol. The van der Waals surface area contributed by atoms with Crippen LogP contribution in [0.15, 0.2) is 0 Å². The van der Waals surface area contributed by atoms with Crippen LogP contribution in [-0.2, 0) is 14.3 Å². The highest BCUT2D eigenvalue weighted by molar-refractivity contribution is 5.99. The second-order valence-electron chi connectivity index (χ2n) is 3.73. The standard InChI is InChI=1S/C9H14O3/c1-11-8(3-4-8)7(10)9(12-2)5-6-9/h3-6H2,1-2H3. The lowest BCUT2D eigenvalue weighted by Crippen LogP contribution is -2.38. The Morgan fingerprint density at radius 3 is 1.50 bits per heavy atom. The van der Waals surface area contributed by atoms with Crippen molar-refractivity contribution in [3.05, 3.63) is 0 Å². The minimum Gasteiger partial charge on any atom is -0.370 e. The monoisotopic (exact) mass is 170 g/mol. The number of rotatable bonds is 4. The molecule has 0 heterocycles. The van der Waals surface area contributed by atoms with E-state index in [1.54, 1.807) is 14.2 Å². The Kier molecular flexibility index (Phi) is 1.57. The van der Waals surface area contributed by atoms with Crippen molar-refractivity contribution in [2.24, 2.45) is 0 Å². The highest BCUT2D eigenvalue weighted by Gasteiger charge is 2.63. The maximum absolute atomic E-state index is 11.8. The molecular formula is C9H14O3. The lowest BCUT2D eigenvalue weighted by molar-refractivity contribution is -0.144. The minimum absolute atomic E-state index is 0.167. The van der Waals surface area contributed by atoms with Gasteiger partial charge in [-0.1, -0.05) is 0 Å². The van der Waals surface area contributed by atoms with Crippen LogP contribution in [0.4, 0.5) is 0 Å². The van der Waals surface area contributed by atoms with Crippen LogP contribution in [0.5, 0.6) is 0 Å². The zero-order valence-electron chi connectivity index (χ0n) is 7.55. The van der Waals surface area contributed by atoms with Gasteiger partial charge in [0, 0.05) is 14.2 Å². The fraction of sp³-hybridized carbons (Fsp3) is 0.889. The molecule has 0 aliphatic heterocycles. The zero-order chi connectivity index (χ0) is 8.82. The quantitative estimate of drug-likeness (QED) is 0.629. The van der Waals surface area contributed by atoms with E-state index < -0.39 is 11.2 Å². The second-order valence-corrected chi connectivity index (χ2v) is 3.73. The fourth-order valence-electron chi connectivity index (χ4n) is 1.69. The molecule has 0 amide bonds. The highest BCUT2D eigenvalue weighted by atomic mass is 16.5. The van der Waals surface area contributed by atoms with Gasteiger partial charge < -0.3 is 9.47 Å². The number of Topliss-reactive ketones (excluding diaryl/α,β-unsaturated/α-hetero) is 1. The summed E-state index contributed by atoms with van der Waals surface area (Å²) in [6.45, 7) is 0. The van der Waals surface area contributed by atoms with Crippen LogP contribution >= 0.6 is 0 Å². The first kappa shape index (κ1) is 8.20. The molecule has 0 aromatic heterocycles. The summed E-state index contributed by atoms with van der Waals surface area (Å²) in [5.74, 6) is 0.167. The Balaban J connectivity index is 2.10. The van der Waals surface area contributed by atoms with E-state index in [2.05, 4.69) is 0 Å². The van der Waals surface area contributed by atoms with Gasteiger partial charge in [0.1, 0.15) is 11.2 Å². The van der Waals surface area contributed by atoms with Crippen molar-refractivity contribution in [2.75, 3.05) is 14.2 Å². The SMILES string of the molecule is COC1(C(=O)C2(OC)CC2)CC1. The first-order valence-electron chi connectivity index (χ1n) is 4.34. The zero-order valence-corrected chi connectivity index (χ0v) is 7.55. The molecule has 0 unspecified atom stereocenters. The molecular weight excluding hydrogens is 156 g/mol. The summed E-state index contributed by atoms with van der Waals surface area (Å²) in [5, 5.41) is 0.